The molecule has 2 aromatic carbocycles. The van der Waals surface area contributed by atoms with E-state index in [1.165, 1.54) is 0 Å². The minimum Gasteiger partial charge on any atom is -0.482 e. The molecule has 7 heteroatoms. The number of hydrogen-bond acceptors (Lipinski definition) is 3. The number of carbonyl (C=O) groups excluding carboxylic acids is 1. The van der Waals surface area contributed by atoms with Crippen LogP contribution in [-0.4, -0.2) is 22.3 Å². The van der Waals surface area contributed by atoms with Gasteiger partial charge in [-0.3, -0.25) is 9.48 Å². The molecule has 1 aromatic heterocycles. The van der Waals surface area contributed by atoms with Crippen LogP contribution in [0.3, 0.4) is 0 Å². The second kappa shape index (κ2) is 8.05. The molecule has 0 aliphatic rings. The number of rotatable bonds is 6. The van der Waals surface area contributed by atoms with Crippen LogP contribution in [0.1, 0.15) is 5.56 Å². The van der Waals surface area contributed by atoms with E-state index in [0.29, 0.717) is 28.0 Å². The van der Waals surface area contributed by atoms with Gasteiger partial charge in [0.05, 0.1) is 11.6 Å². The predicted octanol–water partition coefficient (Wildman–Crippen LogP) is 4.26. The number of carbonyl (C=O) groups is 1. The summed E-state index contributed by atoms with van der Waals surface area (Å²) in [5, 5.41) is 7.90. The average molecular weight is 376 g/mol. The number of aromatic nitrogens is 2. The maximum absolute atomic E-state index is 12.2. The normalized spacial score (nSPS) is 10.5. The summed E-state index contributed by atoms with van der Waals surface area (Å²) in [6.45, 7) is 0.408. The average Bonchev–Trinajstić information content (AvgIpc) is 3.09. The summed E-state index contributed by atoms with van der Waals surface area (Å²) in [5.41, 5.74) is 1.66. The zero-order valence-corrected chi connectivity index (χ0v) is 14.7. The Kier molecular flexibility index (Phi) is 5.58. The summed E-state index contributed by atoms with van der Waals surface area (Å²) >= 11 is 11.9. The summed E-state index contributed by atoms with van der Waals surface area (Å²) in [6, 6.07) is 14.3. The van der Waals surface area contributed by atoms with E-state index in [-0.39, 0.29) is 12.5 Å². The number of ether oxygens (including phenoxy) is 1. The van der Waals surface area contributed by atoms with Crippen LogP contribution in [0.15, 0.2) is 60.9 Å². The Morgan fingerprint density at radius 1 is 1.16 bits per heavy atom. The fourth-order valence-corrected chi connectivity index (χ4v) is 2.73. The van der Waals surface area contributed by atoms with Crippen molar-refractivity contribution in [3.8, 4) is 5.75 Å². The molecule has 1 amide bonds. The van der Waals surface area contributed by atoms with Crippen molar-refractivity contribution in [2.45, 2.75) is 6.54 Å². The Balaban J connectivity index is 1.63. The van der Waals surface area contributed by atoms with E-state index in [1.54, 1.807) is 29.1 Å². The minimum atomic E-state index is -0.279. The maximum atomic E-state index is 12.2. The third kappa shape index (κ3) is 4.75. The van der Waals surface area contributed by atoms with Crippen molar-refractivity contribution >= 4 is 34.8 Å². The summed E-state index contributed by atoms with van der Waals surface area (Å²) in [7, 11) is 0. The van der Waals surface area contributed by atoms with Gasteiger partial charge in [-0.25, -0.2) is 0 Å². The van der Waals surface area contributed by atoms with Gasteiger partial charge in [-0.15, -0.1) is 0 Å². The van der Waals surface area contributed by atoms with Gasteiger partial charge in [0, 0.05) is 23.1 Å². The fourth-order valence-electron chi connectivity index (χ4n) is 2.27. The largest absolute Gasteiger partial charge is 0.482 e. The molecule has 0 saturated carbocycles. The molecule has 3 rings (SSSR count). The molecule has 0 aliphatic carbocycles. The molecule has 0 bridgehead atoms. The van der Waals surface area contributed by atoms with Gasteiger partial charge in [0.1, 0.15) is 5.75 Å². The van der Waals surface area contributed by atoms with Crippen LogP contribution in [0.2, 0.25) is 10.0 Å². The number of nitrogens with one attached hydrogen (secondary N) is 1. The highest BCUT2D eigenvalue weighted by atomic mass is 35.5. The number of halogens is 2. The van der Waals surface area contributed by atoms with Crippen molar-refractivity contribution in [2.75, 3.05) is 11.9 Å². The van der Waals surface area contributed by atoms with Gasteiger partial charge in [-0.1, -0.05) is 41.4 Å². The second-order valence-corrected chi connectivity index (χ2v) is 6.12. The van der Waals surface area contributed by atoms with Crippen LogP contribution in [0, 0.1) is 0 Å². The van der Waals surface area contributed by atoms with E-state index < -0.39 is 0 Å². The van der Waals surface area contributed by atoms with Crippen LogP contribution < -0.4 is 10.1 Å². The van der Waals surface area contributed by atoms with Crippen LogP contribution in [-0.2, 0) is 11.3 Å². The number of anilines is 1. The van der Waals surface area contributed by atoms with E-state index in [9.17, 15) is 4.79 Å². The third-order valence-corrected chi connectivity index (χ3v) is 3.97. The summed E-state index contributed by atoms with van der Waals surface area (Å²) in [4.78, 5) is 12.2. The van der Waals surface area contributed by atoms with Gasteiger partial charge >= 0.3 is 0 Å². The van der Waals surface area contributed by atoms with Gasteiger partial charge in [0.15, 0.2) is 6.61 Å². The summed E-state index contributed by atoms with van der Waals surface area (Å²) < 4.78 is 7.24. The zero-order valence-electron chi connectivity index (χ0n) is 13.2. The van der Waals surface area contributed by atoms with E-state index >= 15 is 0 Å². The number of hydrogen-bond donors (Lipinski definition) is 1. The third-order valence-electron chi connectivity index (χ3n) is 3.44. The molecular formula is C18H15Cl2N3O2. The molecule has 0 unspecified atom stereocenters. The van der Waals surface area contributed by atoms with Gasteiger partial charge in [-0.05, 0) is 35.9 Å². The van der Waals surface area contributed by atoms with Crippen molar-refractivity contribution in [2.24, 2.45) is 0 Å². The molecular weight excluding hydrogens is 361 g/mol. The van der Waals surface area contributed by atoms with Gasteiger partial charge in [0.25, 0.3) is 5.91 Å². The van der Waals surface area contributed by atoms with E-state index in [0.717, 1.165) is 5.56 Å². The number of para-hydroxylation sites is 1. The maximum Gasteiger partial charge on any atom is 0.262 e. The lowest BCUT2D eigenvalue weighted by Gasteiger charge is -2.12. The Labute approximate surface area is 155 Å². The van der Waals surface area contributed by atoms with Crippen LogP contribution in [0.25, 0.3) is 0 Å². The number of benzene rings is 2. The molecule has 25 heavy (non-hydrogen) atoms. The highest BCUT2D eigenvalue weighted by Crippen LogP contribution is 2.27. The van der Waals surface area contributed by atoms with Crippen molar-refractivity contribution in [1.82, 2.24) is 9.78 Å². The van der Waals surface area contributed by atoms with Gasteiger partial charge in [-0.2, -0.15) is 5.10 Å². The SMILES string of the molecule is O=C(COc1ccc(Cl)cc1Cl)Nc1ccccc1Cn1cccn1. The first-order chi connectivity index (χ1) is 12.1. The van der Waals surface area contributed by atoms with Crippen LogP contribution >= 0.6 is 23.2 Å². The van der Waals surface area contributed by atoms with Crippen molar-refractivity contribution in [3.05, 3.63) is 76.5 Å². The van der Waals surface area contributed by atoms with Crippen molar-refractivity contribution in [1.29, 1.82) is 0 Å². The van der Waals surface area contributed by atoms with Gasteiger partial charge in [0.2, 0.25) is 0 Å². The van der Waals surface area contributed by atoms with E-state index in [2.05, 4.69) is 10.4 Å². The first-order valence-electron chi connectivity index (χ1n) is 7.55. The molecule has 0 aliphatic heterocycles. The predicted molar refractivity (Wildman–Crippen MR) is 98.4 cm³/mol. The quantitative estimate of drug-likeness (QED) is 0.700. The Morgan fingerprint density at radius 3 is 2.76 bits per heavy atom. The monoisotopic (exact) mass is 375 g/mol. The Bertz CT molecular complexity index is 867. The smallest absolute Gasteiger partial charge is 0.262 e. The molecule has 5 nitrogen and oxygen atoms in total. The van der Waals surface area contributed by atoms with Crippen LogP contribution in [0.5, 0.6) is 5.75 Å². The minimum absolute atomic E-state index is 0.155. The standard InChI is InChI=1S/C18H15Cl2N3O2/c19-14-6-7-17(15(20)10-14)25-12-18(24)22-16-5-2-1-4-13(16)11-23-9-3-8-21-23/h1-10H,11-12H2,(H,22,24). The second-order valence-electron chi connectivity index (χ2n) is 5.27. The van der Waals surface area contributed by atoms with Gasteiger partial charge < -0.3 is 10.1 Å². The molecule has 0 fully saturated rings. The summed E-state index contributed by atoms with van der Waals surface area (Å²) in [5.74, 6) is 0.130. The Morgan fingerprint density at radius 2 is 2.00 bits per heavy atom. The molecule has 0 spiro atoms. The van der Waals surface area contributed by atoms with E-state index in [1.807, 2.05) is 36.5 Å². The zero-order chi connectivity index (χ0) is 17.6. The Hall–Kier alpha value is -2.50. The first kappa shape index (κ1) is 17.3. The van der Waals surface area contributed by atoms with Crippen molar-refractivity contribution < 1.29 is 9.53 Å². The molecule has 0 saturated heterocycles. The molecule has 1 heterocycles. The molecule has 3 aromatic rings. The summed E-state index contributed by atoms with van der Waals surface area (Å²) in [6.07, 6.45) is 3.58. The van der Waals surface area contributed by atoms with Crippen LogP contribution in [0.4, 0.5) is 5.69 Å². The highest BCUT2D eigenvalue weighted by Gasteiger charge is 2.09. The first-order valence-corrected chi connectivity index (χ1v) is 8.30. The highest BCUT2D eigenvalue weighted by molar-refractivity contribution is 6.35. The van der Waals surface area contributed by atoms with Crippen molar-refractivity contribution in [3.63, 3.8) is 0 Å². The fraction of sp³-hybridized carbons (Fsp3) is 0.111. The topological polar surface area (TPSA) is 56.1 Å². The number of amides is 1. The molecule has 0 radical (unpaired) electrons. The molecule has 128 valence electrons. The lowest BCUT2D eigenvalue weighted by molar-refractivity contribution is -0.118. The molecule has 1 N–H and O–H groups in total. The molecule has 0 atom stereocenters. The lowest BCUT2D eigenvalue weighted by Crippen LogP contribution is -2.21. The lowest BCUT2D eigenvalue weighted by atomic mass is 10.1. The number of nitrogens with zero attached hydrogens (tertiary/aromatic N) is 2. The van der Waals surface area contributed by atoms with E-state index in [4.69, 9.17) is 27.9 Å².